The molecule has 2 atom stereocenters. The third-order valence-electron chi connectivity index (χ3n) is 6.18. The van der Waals surface area contributed by atoms with Crippen molar-refractivity contribution < 1.29 is 9.47 Å². The van der Waals surface area contributed by atoms with Crippen molar-refractivity contribution in [3.63, 3.8) is 0 Å². The molecule has 0 radical (unpaired) electrons. The van der Waals surface area contributed by atoms with Gasteiger partial charge >= 0.3 is 0 Å². The first-order valence-corrected chi connectivity index (χ1v) is 11.4. The first kappa shape index (κ1) is 19.9. The van der Waals surface area contributed by atoms with Crippen molar-refractivity contribution in [2.75, 3.05) is 20.2 Å². The van der Waals surface area contributed by atoms with E-state index in [4.69, 9.17) is 20.3 Å². The maximum Gasteiger partial charge on any atom is 0.222 e. The predicted octanol–water partition coefficient (Wildman–Crippen LogP) is 2.90. The molecule has 1 spiro atoms. The monoisotopic (exact) mass is 428 g/mol. The maximum atomic E-state index is 6.52. The number of piperidine rings is 1. The van der Waals surface area contributed by atoms with Crippen LogP contribution in [0.2, 0.25) is 0 Å². The quantitative estimate of drug-likeness (QED) is 0.659. The number of aromatic nitrogens is 4. The summed E-state index contributed by atoms with van der Waals surface area (Å²) in [7, 11) is 1.64. The average Bonchev–Trinajstić information content (AvgIpc) is 3.41. The normalized spacial score (nSPS) is 23.6. The van der Waals surface area contributed by atoms with E-state index >= 15 is 0 Å². The van der Waals surface area contributed by atoms with E-state index < -0.39 is 0 Å². The molecule has 0 bridgehead atoms. The summed E-state index contributed by atoms with van der Waals surface area (Å²) < 4.78 is 14.0. The molecule has 5 heterocycles. The average molecular weight is 429 g/mol. The van der Waals surface area contributed by atoms with Gasteiger partial charge in [-0.15, -0.1) is 0 Å². The molecule has 160 valence electrons. The van der Waals surface area contributed by atoms with Gasteiger partial charge in [-0.05, 0) is 50.4 Å². The lowest BCUT2D eigenvalue weighted by molar-refractivity contribution is -0.0619. The smallest absolute Gasteiger partial charge is 0.222 e. The molecule has 5 rings (SSSR count). The van der Waals surface area contributed by atoms with Gasteiger partial charge in [-0.25, -0.2) is 14.5 Å². The number of hydrogen-bond acceptors (Lipinski definition) is 8. The Morgan fingerprint density at radius 1 is 1.33 bits per heavy atom. The van der Waals surface area contributed by atoms with Crippen LogP contribution in [-0.4, -0.2) is 51.4 Å². The van der Waals surface area contributed by atoms with E-state index in [0.29, 0.717) is 11.8 Å². The van der Waals surface area contributed by atoms with Crippen molar-refractivity contribution in [3.8, 4) is 17.1 Å². The highest BCUT2D eigenvalue weighted by molar-refractivity contribution is 7.16. The third-order valence-corrected chi connectivity index (χ3v) is 7.16. The zero-order chi connectivity index (χ0) is 20.9. The highest BCUT2D eigenvalue weighted by Crippen LogP contribution is 2.44. The van der Waals surface area contributed by atoms with Crippen LogP contribution in [0.1, 0.15) is 55.8 Å². The lowest BCUT2D eigenvalue weighted by atomic mass is 9.88. The molecule has 3 aromatic heterocycles. The Morgan fingerprint density at radius 2 is 2.13 bits per heavy atom. The van der Waals surface area contributed by atoms with Gasteiger partial charge in [0, 0.05) is 11.7 Å². The Kier molecular flexibility index (Phi) is 5.01. The van der Waals surface area contributed by atoms with Crippen molar-refractivity contribution in [2.24, 2.45) is 5.73 Å². The number of ether oxygens (including phenoxy) is 2. The highest BCUT2D eigenvalue weighted by Gasteiger charge is 2.47. The fourth-order valence-corrected chi connectivity index (χ4v) is 5.49. The second-order valence-corrected chi connectivity index (χ2v) is 9.55. The van der Waals surface area contributed by atoms with E-state index in [0.717, 1.165) is 59.3 Å². The Hall–Kier alpha value is -2.07. The fraction of sp³-hybridized carbons (Fsp3) is 0.571. The summed E-state index contributed by atoms with van der Waals surface area (Å²) in [5.74, 6) is 0.910. The number of imidazole rings is 1. The van der Waals surface area contributed by atoms with E-state index in [2.05, 4.69) is 29.1 Å². The summed E-state index contributed by atoms with van der Waals surface area (Å²) in [6, 6.07) is 4.02. The van der Waals surface area contributed by atoms with E-state index in [1.54, 1.807) is 18.4 Å². The standard InChI is InChI=1S/C21H28N6O2S/c1-12(2)15-5-4-13(18(25-15)28-3)16-11-24-20-27(16)26-19(30-20)17-14(22)10-21(29-17)6-8-23-9-7-21/h4-5,11-12,14,17,23H,6-10,22H2,1-3H3. The van der Waals surface area contributed by atoms with Crippen molar-refractivity contribution in [1.29, 1.82) is 0 Å². The van der Waals surface area contributed by atoms with Crippen molar-refractivity contribution in [3.05, 3.63) is 29.0 Å². The molecule has 0 amide bonds. The van der Waals surface area contributed by atoms with E-state index in [1.807, 2.05) is 22.8 Å². The lowest BCUT2D eigenvalue weighted by Gasteiger charge is -2.33. The molecule has 0 aliphatic carbocycles. The Bertz CT molecular complexity index is 1060. The van der Waals surface area contributed by atoms with Crippen molar-refractivity contribution >= 4 is 16.3 Å². The molecule has 2 aliphatic heterocycles. The lowest BCUT2D eigenvalue weighted by Crippen LogP contribution is -2.42. The molecule has 3 N–H and O–H groups in total. The van der Waals surface area contributed by atoms with E-state index in [1.165, 1.54) is 0 Å². The van der Waals surface area contributed by atoms with Gasteiger partial charge in [0.25, 0.3) is 0 Å². The predicted molar refractivity (Wildman–Crippen MR) is 116 cm³/mol. The van der Waals surface area contributed by atoms with Crippen molar-refractivity contribution in [2.45, 2.75) is 56.8 Å². The van der Waals surface area contributed by atoms with Gasteiger partial charge < -0.3 is 20.5 Å². The molecule has 0 saturated carbocycles. The topological polar surface area (TPSA) is 99.6 Å². The van der Waals surface area contributed by atoms with Gasteiger partial charge in [-0.3, -0.25) is 0 Å². The summed E-state index contributed by atoms with van der Waals surface area (Å²) in [4.78, 5) is 10.1. The SMILES string of the molecule is COc1nc(C(C)C)ccc1-c1cnc2sc(C3OC4(CCNCC4)CC3N)nn12. The van der Waals surface area contributed by atoms with Gasteiger partial charge in [0.05, 0.1) is 30.2 Å². The number of fused-ring (bicyclic) bond motifs is 1. The van der Waals surface area contributed by atoms with Gasteiger partial charge in [-0.2, -0.15) is 5.10 Å². The van der Waals surface area contributed by atoms with Crippen LogP contribution in [0.4, 0.5) is 0 Å². The minimum absolute atomic E-state index is 0.0519. The molecule has 2 unspecified atom stereocenters. The van der Waals surface area contributed by atoms with E-state index in [-0.39, 0.29) is 17.7 Å². The second kappa shape index (κ2) is 7.56. The summed E-state index contributed by atoms with van der Waals surface area (Å²) >= 11 is 1.54. The summed E-state index contributed by atoms with van der Waals surface area (Å²) in [5, 5.41) is 9.15. The minimum Gasteiger partial charge on any atom is -0.480 e. The number of pyridine rings is 1. The molecule has 9 heteroatoms. The van der Waals surface area contributed by atoms with E-state index in [9.17, 15) is 0 Å². The number of hydrogen-bond donors (Lipinski definition) is 2. The largest absolute Gasteiger partial charge is 0.480 e. The zero-order valence-electron chi connectivity index (χ0n) is 17.6. The first-order valence-electron chi connectivity index (χ1n) is 10.5. The first-order chi connectivity index (χ1) is 14.5. The highest BCUT2D eigenvalue weighted by atomic mass is 32.1. The Morgan fingerprint density at radius 3 is 2.87 bits per heavy atom. The molecular formula is C21H28N6O2S. The molecule has 3 aromatic rings. The number of rotatable bonds is 4. The molecule has 0 aromatic carbocycles. The number of nitrogens with zero attached hydrogens (tertiary/aromatic N) is 4. The van der Waals surface area contributed by atoms with Gasteiger partial charge in [0.2, 0.25) is 10.8 Å². The van der Waals surface area contributed by atoms with Crippen LogP contribution in [0.5, 0.6) is 5.88 Å². The number of nitrogens with one attached hydrogen (secondary N) is 1. The van der Waals surface area contributed by atoms with Crippen LogP contribution >= 0.6 is 11.3 Å². The number of methoxy groups -OCH3 is 1. The maximum absolute atomic E-state index is 6.52. The fourth-order valence-electron chi connectivity index (χ4n) is 4.51. The third kappa shape index (κ3) is 3.30. The zero-order valence-corrected chi connectivity index (χ0v) is 18.4. The van der Waals surface area contributed by atoms with Gasteiger partial charge in [0.15, 0.2) is 0 Å². The number of nitrogens with two attached hydrogens (primary N) is 1. The van der Waals surface area contributed by atoms with Crippen molar-refractivity contribution in [1.82, 2.24) is 24.9 Å². The Balaban J connectivity index is 1.49. The molecular weight excluding hydrogens is 400 g/mol. The summed E-state index contributed by atoms with van der Waals surface area (Å²) in [6.45, 7) is 6.18. The van der Waals surface area contributed by atoms with Crippen LogP contribution < -0.4 is 15.8 Å². The molecule has 2 fully saturated rings. The minimum atomic E-state index is -0.189. The Labute approximate surface area is 179 Å². The molecule has 8 nitrogen and oxygen atoms in total. The summed E-state index contributed by atoms with van der Waals surface area (Å²) in [6.07, 6.45) is 4.50. The van der Waals surface area contributed by atoms with Crippen LogP contribution in [0, 0.1) is 0 Å². The molecule has 30 heavy (non-hydrogen) atoms. The van der Waals surface area contributed by atoms with Gasteiger partial charge in [0.1, 0.15) is 11.1 Å². The van der Waals surface area contributed by atoms with Crippen LogP contribution in [0.3, 0.4) is 0 Å². The second-order valence-electron chi connectivity index (χ2n) is 8.57. The van der Waals surface area contributed by atoms with Crippen LogP contribution in [-0.2, 0) is 4.74 Å². The van der Waals surface area contributed by atoms with Crippen LogP contribution in [0.15, 0.2) is 18.3 Å². The molecule has 2 saturated heterocycles. The summed E-state index contributed by atoms with van der Waals surface area (Å²) in [5.41, 5.74) is 9.11. The molecule has 2 aliphatic rings. The van der Waals surface area contributed by atoms with Crippen LogP contribution in [0.25, 0.3) is 16.2 Å². The van der Waals surface area contributed by atoms with Gasteiger partial charge in [-0.1, -0.05) is 25.2 Å².